The fraction of sp³-hybridized carbons (Fsp3) is 0.400. The van der Waals surface area contributed by atoms with Gasteiger partial charge in [0.2, 0.25) is 0 Å². The van der Waals surface area contributed by atoms with Crippen molar-refractivity contribution in [2.45, 2.75) is 19.4 Å². The number of nitrogen functional groups attached to an aromatic ring is 1. The van der Waals surface area contributed by atoms with E-state index in [-0.39, 0.29) is 5.82 Å². The summed E-state index contributed by atoms with van der Waals surface area (Å²) in [6.45, 7) is 3.08. The van der Waals surface area contributed by atoms with E-state index in [4.69, 9.17) is 10.5 Å². The van der Waals surface area contributed by atoms with Gasteiger partial charge in [-0.3, -0.25) is 0 Å². The second kappa shape index (κ2) is 8.21. The van der Waals surface area contributed by atoms with Crippen LogP contribution >= 0.6 is 0 Å². The van der Waals surface area contributed by atoms with E-state index in [0.29, 0.717) is 29.6 Å². The minimum atomic E-state index is -0.263. The van der Waals surface area contributed by atoms with Crippen LogP contribution in [0, 0.1) is 11.7 Å². The van der Waals surface area contributed by atoms with Crippen LogP contribution in [0.3, 0.4) is 0 Å². The zero-order valence-corrected chi connectivity index (χ0v) is 14.7. The summed E-state index contributed by atoms with van der Waals surface area (Å²) in [6, 6.07) is 13.7. The molecule has 3 rings (SSSR count). The number of piperidine rings is 1. The predicted molar refractivity (Wildman–Crippen MR) is 101 cm³/mol. The number of nitrogens with two attached hydrogens (primary N) is 1. The molecule has 0 unspecified atom stereocenters. The number of benzene rings is 2. The number of halogens is 1. The topological polar surface area (TPSA) is 50.5 Å². The Labute approximate surface area is 148 Å². The summed E-state index contributed by atoms with van der Waals surface area (Å²) in [4.78, 5) is 2.10. The molecule has 3 N–H and O–H groups in total. The molecule has 0 atom stereocenters. The van der Waals surface area contributed by atoms with E-state index in [1.807, 2.05) is 18.2 Å². The van der Waals surface area contributed by atoms with Gasteiger partial charge in [0.15, 0.2) is 5.82 Å². The SMILES string of the molecule is CNc1c(N)ccc(N2CCC(COCc3ccccc3)CC2)c1F. The average Bonchev–Trinajstić information content (AvgIpc) is 2.64. The smallest absolute Gasteiger partial charge is 0.171 e. The Bertz CT molecular complexity index is 685. The van der Waals surface area contributed by atoms with Crippen LogP contribution in [-0.4, -0.2) is 26.7 Å². The summed E-state index contributed by atoms with van der Waals surface area (Å²) in [7, 11) is 1.69. The van der Waals surface area contributed by atoms with Crippen LogP contribution in [0.5, 0.6) is 0 Å². The van der Waals surface area contributed by atoms with Crippen LogP contribution < -0.4 is 16.0 Å². The van der Waals surface area contributed by atoms with Crippen LogP contribution in [-0.2, 0) is 11.3 Å². The van der Waals surface area contributed by atoms with Gasteiger partial charge < -0.3 is 20.7 Å². The van der Waals surface area contributed by atoms with Crippen molar-refractivity contribution in [2.24, 2.45) is 5.92 Å². The summed E-state index contributed by atoms with van der Waals surface area (Å²) in [5, 5.41) is 2.85. The first-order valence-electron chi connectivity index (χ1n) is 8.81. The molecule has 0 amide bonds. The molecule has 0 saturated carbocycles. The number of nitrogens with zero attached hydrogens (tertiary/aromatic N) is 1. The highest BCUT2D eigenvalue weighted by Gasteiger charge is 2.23. The minimum Gasteiger partial charge on any atom is -0.397 e. The fourth-order valence-electron chi connectivity index (χ4n) is 3.34. The molecule has 0 aliphatic carbocycles. The number of ether oxygens (including phenoxy) is 1. The molecular formula is C20H26FN3O. The van der Waals surface area contributed by atoms with E-state index in [2.05, 4.69) is 22.3 Å². The highest BCUT2D eigenvalue weighted by Crippen LogP contribution is 2.33. The number of nitrogens with one attached hydrogen (secondary N) is 1. The molecule has 2 aromatic rings. The quantitative estimate of drug-likeness (QED) is 0.782. The molecule has 1 fully saturated rings. The molecule has 5 heteroatoms. The Morgan fingerprint density at radius 1 is 1.16 bits per heavy atom. The lowest BCUT2D eigenvalue weighted by Gasteiger charge is -2.34. The van der Waals surface area contributed by atoms with Gasteiger partial charge in [-0.1, -0.05) is 30.3 Å². The number of hydrogen-bond donors (Lipinski definition) is 2. The van der Waals surface area contributed by atoms with Crippen molar-refractivity contribution in [1.29, 1.82) is 0 Å². The lowest BCUT2D eigenvalue weighted by atomic mass is 9.97. The van der Waals surface area contributed by atoms with Gasteiger partial charge in [0.25, 0.3) is 0 Å². The zero-order valence-electron chi connectivity index (χ0n) is 14.7. The van der Waals surface area contributed by atoms with E-state index >= 15 is 0 Å². The Morgan fingerprint density at radius 2 is 1.88 bits per heavy atom. The Morgan fingerprint density at radius 3 is 2.56 bits per heavy atom. The fourth-order valence-corrected chi connectivity index (χ4v) is 3.34. The standard InChI is InChI=1S/C20H26FN3O/c1-23-20-17(22)7-8-18(19(20)21)24-11-9-16(10-12-24)14-25-13-15-5-3-2-4-6-15/h2-8,16,23H,9-14,22H2,1H3. The molecule has 1 saturated heterocycles. The van der Waals surface area contributed by atoms with Crippen LogP contribution in [0.4, 0.5) is 21.5 Å². The van der Waals surface area contributed by atoms with Crippen molar-refractivity contribution in [3.63, 3.8) is 0 Å². The van der Waals surface area contributed by atoms with E-state index in [1.165, 1.54) is 5.56 Å². The lowest BCUT2D eigenvalue weighted by molar-refractivity contribution is 0.0786. The Kier molecular flexibility index (Phi) is 5.76. The van der Waals surface area contributed by atoms with E-state index in [1.54, 1.807) is 19.2 Å². The second-order valence-electron chi connectivity index (χ2n) is 6.54. The van der Waals surface area contributed by atoms with Crippen LogP contribution in [0.15, 0.2) is 42.5 Å². The number of hydrogen-bond acceptors (Lipinski definition) is 4. The summed E-state index contributed by atoms with van der Waals surface area (Å²) < 4.78 is 20.5. The van der Waals surface area contributed by atoms with Crippen LogP contribution in [0.25, 0.3) is 0 Å². The average molecular weight is 343 g/mol. The monoisotopic (exact) mass is 343 g/mol. The summed E-state index contributed by atoms with van der Waals surface area (Å²) in [5.74, 6) is 0.266. The van der Waals surface area contributed by atoms with E-state index in [0.717, 1.165) is 32.5 Å². The highest BCUT2D eigenvalue weighted by atomic mass is 19.1. The van der Waals surface area contributed by atoms with E-state index < -0.39 is 0 Å². The summed E-state index contributed by atoms with van der Waals surface area (Å²) in [6.07, 6.45) is 2.01. The maximum absolute atomic E-state index is 14.6. The first-order chi connectivity index (χ1) is 12.2. The van der Waals surface area contributed by atoms with Gasteiger partial charge in [0.05, 0.1) is 23.7 Å². The van der Waals surface area contributed by atoms with Crippen molar-refractivity contribution in [3.8, 4) is 0 Å². The minimum absolute atomic E-state index is 0.263. The van der Waals surface area contributed by atoms with E-state index in [9.17, 15) is 4.39 Å². The Hall–Kier alpha value is -2.27. The van der Waals surface area contributed by atoms with Crippen LogP contribution in [0.1, 0.15) is 18.4 Å². The molecule has 25 heavy (non-hydrogen) atoms. The third-order valence-electron chi connectivity index (χ3n) is 4.82. The zero-order chi connectivity index (χ0) is 17.6. The van der Waals surface area contributed by atoms with Crippen molar-refractivity contribution in [1.82, 2.24) is 0 Å². The molecule has 0 bridgehead atoms. The van der Waals surface area contributed by atoms with Crippen molar-refractivity contribution in [2.75, 3.05) is 42.7 Å². The third kappa shape index (κ3) is 4.23. The molecule has 0 spiro atoms. The molecule has 0 aromatic heterocycles. The molecule has 1 heterocycles. The molecule has 4 nitrogen and oxygen atoms in total. The second-order valence-corrected chi connectivity index (χ2v) is 6.54. The lowest BCUT2D eigenvalue weighted by Crippen LogP contribution is -2.35. The number of rotatable bonds is 6. The molecule has 134 valence electrons. The maximum atomic E-state index is 14.6. The number of anilines is 3. The van der Waals surface area contributed by atoms with Crippen molar-refractivity contribution >= 4 is 17.1 Å². The maximum Gasteiger partial charge on any atom is 0.171 e. The molecule has 2 aromatic carbocycles. The third-order valence-corrected chi connectivity index (χ3v) is 4.82. The van der Waals surface area contributed by atoms with Gasteiger partial charge >= 0.3 is 0 Å². The predicted octanol–water partition coefficient (Wildman–Crippen LogP) is 3.88. The largest absolute Gasteiger partial charge is 0.397 e. The Balaban J connectivity index is 1.50. The highest BCUT2D eigenvalue weighted by molar-refractivity contribution is 5.73. The summed E-state index contributed by atoms with van der Waals surface area (Å²) >= 11 is 0. The molecule has 0 radical (unpaired) electrons. The van der Waals surface area contributed by atoms with Gasteiger partial charge in [-0.25, -0.2) is 4.39 Å². The van der Waals surface area contributed by atoms with Gasteiger partial charge in [-0.15, -0.1) is 0 Å². The molecule has 1 aliphatic rings. The van der Waals surface area contributed by atoms with Gasteiger partial charge in [-0.2, -0.15) is 0 Å². The van der Waals surface area contributed by atoms with Gasteiger partial charge in [0.1, 0.15) is 0 Å². The van der Waals surface area contributed by atoms with Crippen molar-refractivity contribution < 1.29 is 9.13 Å². The first kappa shape index (κ1) is 17.5. The molecular weight excluding hydrogens is 317 g/mol. The normalized spacial score (nSPS) is 15.4. The van der Waals surface area contributed by atoms with Crippen LogP contribution in [0.2, 0.25) is 0 Å². The molecule has 1 aliphatic heterocycles. The van der Waals surface area contributed by atoms with Crippen molar-refractivity contribution in [3.05, 3.63) is 53.8 Å². The van der Waals surface area contributed by atoms with Gasteiger partial charge in [0, 0.05) is 26.7 Å². The van der Waals surface area contributed by atoms with Gasteiger partial charge in [-0.05, 0) is 36.5 Å². The summed E-state index contributed by atoms with van der Waals surface area (Å²) in [5.41, 5.74) is 8.46. The first-order valence-corrected chi connectivity index (χ1v) is 8.81.